The van der Waals surface area contributed by atoms with E-state index < -0.39 is 46.3 Å². The molecule has 0 saturated carbocycles. The number of ether oxygens (including phenoxy) is 1. The van der Waals surface area contributed by atoms with E-state index in [4.69, 9.17) is 9.84 Å². The summed E-state index contributed by atoms with van der Waals surface area (Å²) < 4.78 is 64.0. The van der Waals surface area contributed by atoms with Crippen molar-refractivity contribution < 1.29 is 31.9 Å². The number of rotatable bonds is 5. The smallest absolute Gasteiger partial charge is 0.417 e. The molecule has 2 aromatic heterocycles. The predicted octanol–water partition coefficient (Wildman–Crippen LogP) is 7.96. The average molecular weight is 647 g/mol. The van der Waals surface area contributed by atoms with Crippen LogP contribution < -0.4 is 5.32 Å². The quantitative estimate of drug-likeness (QED) is 0.195. The average Bonchev–Trinajstić information content (AvgIpc) is 3.66. The summed E-state index contributed by atoms with van der Waals surface area (Å²) in [5.74, 6) is -2.50. The minimum atomic E-state index is -4.93. The second kappa shape index (κ2) is 12.1. The largest absolute Gasteiger partial charge is 0.444 e. The van der Waals surface area contributed by atoms with Crippen LogP contribution in [0.25, 0.3) is 28.0 Å². The highest BCUT2D eigenvalue weighted by Gasteiger charge is 2.37. The van der Waals surface area contributed by atoms with Crippen molar-refractivity contribution in [1.29, 1.82) is 0 Å². The van der Waals surface area contributed by atoms with Crippen LogP contribution >= 0.6 is 0 Å². The standard InChI is InChI=1S/C34H30F4N6O3/c1-33(2,3)47-32(46)43-16-7-11-28(43)20-12-13-22-27(17-20)42-44(21-9-5-4-6-10-21)30(22)41-31(45)24-18-23(29-39-14-8-15-40-29)25(19-26(24)35)34(36,37)38/h4-6,8-10,12-15,17-19,28H,7,11,16H2,1-3H3,(H,41,45). The molecule has 47 heavy (non-hydrogen) atoms. The Morgan fingerprint density at radius 2 is 1.68 bits per heavy atom. The van der Waals surface area contributed by atoms with Crippen molar-refractivity contribution in [2.45, 2.75) is 51.4 Å². The molecule has 242 valence electrons. The summed E-state index contributed by atoms with van der Waals surface area (Å²) in [6.45, 7) is 5.95. The number of aromatic nitrogens is 4. The molecule has 3 aromatic carbocycles. The number of nitrogens with one attached hydrogen (secondary N) is 1. The molecule has 1 unspecified atom stereocenters. The maximum Gasteiger partial charge on any atom is 0.417 e. The van der Waals surface area contributed by atoms with Gasteiger partial charge in [-0.25, -0.2) is 23.8 Å². The van der Waals surface area contributed by atoms with Crippen LogP contribution in [0.5, 0.6) is 0 Å². The first-order valence-electron chi connectivity index (χ1n) is 14.9. The zero-order valence-electron chi connectivity index (χ0n) is 25.7. The molecule has 9 nitrogen and oxygen atoms in total. The Labute approximate surface area is 267 Å². The maximum atomic E-state index is 15.3. The van der Waals surface area contributed by atoms with Gasteiger partial charge in [-0.2, -0.15) is 18.3 Å². The second-order valence-electron chi connectivity index (χ2n) is 12.1. The molecular formula is C34H30F4N6O3. The number of carbonyl (C=O) groups is 2. The van der Waals surface area contributed by atoms with Crippen molar-refractivity contribution in [3.05, 3.63) is 102 Å². The van der Waals surface area contributed by atoms with E-state index in [-0.39, 0.29) is 23.8 Å². The van der Waals surface area contributed by atoms with Gasteiger partial charge in [-0.05, 0) is 81.6 Å². The number of likely N-dealkylation sites (tertiary alicyclic amines) is 1. The van der Waals surface area contributed by atoms with E-state index in [1.807, 2.05) is 12.1 Å². The molecule has 1 aliphatic heterocycles. The number of para-hydroxylation sites is 1. The van der Waals surface area contributed by atoms with Crippen LogP contribution in [0, 0.1) is 5.82 Å². The van der Waals surface area contributed by atoms with Crippen LogP contribution in [0.2, 0.25) is 0 Å². The van der Waals surface area contributed by atoms with Crippen molar-refractivity contribution in [1.82, 2.24) is 24.6 Å². The van der Waals surface area contributed by atoms with Gasteiger partial charge in [-0.1, -0.05) is 24.3 Å². The summed E-state index contributed by atoms with van der Waals surface area (Å²) in [5, 5.41) is 7.90. The maximum absolute atomic E-state index is 15.3. The summed E-state index contributed by atoms with van der Waals surface area (Å²) >= 11 is 0. The zero-order valence-corrected chi connectivity index (χ0v) is 25.7. The molecule has 1 atom stereocenters. The number of carbonyl (C=O) groups excluding carboxylic acids is 2. The van der Waals surface area contributed by atoms with Gasteiger partial charge in [0.25, 0.3) is 5.91 Å². The van der Waals surface area contributed by atoms with Crippen molar-refractivity contribution in [3.63, 3.8) is 0 Å². The molecule has 1 aliphatic rings. The van der Waals surface area contributed by atoms with Gasteiger partial charge in [0.2, 0.25) is 0 Å². The van der Waals surface area contributed by atoms with Crippen LogP contribution in [0.3, 0.4) is 0 Å². The highest BCUT2D eigenvalue weighted by molar-refractivity contribution is 6.09. The van der Waals surface area contributed by atoms with E-state index >= 15 is 4.39 Å². The third kappa shape index (κ3) is 6.51. The number of anilines is 1. The van der Waals surface area contributed by atoms with Gasteiger partial charge in [-0.3, -0.25) is 4.79 Å². The molecule has 2 amide bonds. The van der Waals surface area contributed by atoms with E-state index in [2.05, 4.69) is 15.3 Å². The molecule has 13 heteroatoms. The second-order valence-corrected chi connectivity index (χ2v) is 12.1. The van der Waals surface area contributed by atoms with E-state index in [1.165, 1.54) is 23.1 Å². The lowest BCUT2D eigenvalue weighted by atomic mass is 10.0. The fourth-order valence-electron chi connectivity index (χ4n) is 5.62. The Morgan fingerprint density at radius 3 is 2.36 bits per heavy atom. The number of fused-ring (bicyclic) bond motifs is 1. The van der Waals surface area contributed by atoms with Gasteiger partial charge in [0.05, 0.1) is 28.4 Å². The molecule has 1 saturated heterocycles. The molecule has 0 spiro atoms. The molecule has 0 aliphatic carbocycles. The molecule has 3 heterocycles. The Morgan fingerprint density at radius 1 is 0.957 bits per heavy atom. The van der Waals surface area contributed by atoms with Gasteiger partial charge in [0.15, 0.2) is 5.82 Å². The zero-order chi connectivity index (χ0) is 33.5. The lowest BCUT2D eigenvalue weighted by Crippen LogP contribution is -2.36. The Balaban J connectivity index is 1.40. The van der Waals surface area contributed by atoms with Gasteiger partial charge < -0.3 is 15.0 Å². The Kier molecular flexibility index (Phi) is 8.16. The normalized spacial score (nSPS) is 15.2. The van der Waals surface area contributed by atoms with E-state index in [1.54, 1.807) is 62.1 Å². The summed E-state index contributed by atoms with van der Waals surface area (Å²) in [4.78, 5) is 36.1. The SMILES string of the molecule is CC(C)(C)OC(=O)N1CCCC1c1ccc2c(NC(=O)c3cc(-c4ncccn4)c(C(F)(F)F)cc3F)n(-c3ccccc3)nc2c1. The van der Waals surface area contributed by atoms with Gasteiger partial charge in [-0.15, -0.1) is 0 Å². The monoisotopic (exact) mass is 646 g/mol. The number of amides is 2. The lowest BCUT2D eigenvalue weighted by molar-refractivity contribution is -0.137. The number of benzene rings is 3. The molecule has 6 rings (SSSR count). The number of alkyl halides is 3. The first kappa shape index (κ1) is 31.6. The van der Waals surface area contributed by atoms with Gasteiger partial charge in [0, 0.05) is 29.9 Å². The topological polar surface area (TPSA) is 102 Å². The Hall–Kier alpha value is -5.33. The minimum absolute atomic E-state index is 0.176. The highest BCUT2D eigenvalue weighted by atomic mass is 19.4. The number of nitrogens with zero attached hydrogens (tertiary/aromatic N) is 5. The molecule has 1 N–H and O–H groups in total. The summed E-state index contributed by atoms with van der Waals surface area (Å²) in [6.07, 6.45) is -1.33. The fraction of sp³-hybridized carbons (Fsp3) is 0.265. The molecule has 1 fully saturated rings. The Bertz CT molecular complexity index is 1960. The van der Waals surface area contributed by atoms with Gasteiger partial charge in [0.1, 0.15) is 17.2 Å². The van der Waals surface area contributed by atoms with Gasteiger partial charge >= 0.3 is 12.3 Å². The van der Waals surface area contributed by atoms with Crippen LogP contribution in [0.4, 0.5) is 28.2 Å². The molecular weight excluding hydrogens is 616 g/mol. The van der Waals surface area contributed by atoms with Crippen molar-refractivity contribution >= 4 is 28.7 Å². The van der Waals surface area contributed by atoms with Crippen LogP contribution in [-0.4, -0.2) is 48.8 Å². The van der Waals surface area contributed by atoms with E-state index in [0.29, 0.717) is 29.6 Å². The minimum Gasteiger partial charge on any atom is -0.444 e. The first-order chi connectivity index (χ1) is 22.3. The van der Waals surface area contributed by atoms with E-state index in [0.717, 1.165) is 18.1 Å². The molecule has 0 radical (unpaired) electrons. The first-order valence-corrected chi connectivity index (χ1v) is 14.9. The third-order valence-electron chi connectivity index (χ3n) is 7.66. The third-order valence-corrected chi connectivity index (χ3v) is 7.66. The van der Waals surface area contributed by atoms with Crippen molar-refractivity contribution in [3.8, 4) is 17.1 Å². The highest BCUT2D eigenvalue weighted by Crippen LogP contribution is 2.39. The summed E-state index contributed by atoms with van der Waals surface area (Å²) in [5.41, 5.74) is -1.27. The van der Waals surface area contributed by atoms with Crippen LogP contribution in [0.1, 0.15) is 61.1 Å². The predicted molar refractivity (Wildman–Crippen MR) is 166 cm³/mol. The lowest BCUT2D eigenvalue weighted by Gasteiger charge is -2.28. The summed E-state index contributed by atoms with van der Waals surface area (Å²) in [6, 6.07) is 16.5. The van der Waals surface area contributed by atoms with Crippen molar-refractivity contribution in [2.75, 3.05) is 11.9 Å². The van der Waals surface area contributed by atoms with E-state index in [9.17, 15) is 22.8 Å². The van der Waals surface area contributed by atoms with Crippen LogP contribution in [0.15, 0.2) is 79.1 Å². The number of halogens is 4. The number of hydrogen-bond donors (Lipinski definition) is 1. The molecule has 0 bridgehead atoms. The number of hydrogen-bond acceptors (Lipinski definition) is 6. The van der Waals surface area contributed by atoms with Crippen molar-refractivity contribution in [2.24, 2.45) is 0 Å². The fourth-order valence-corrected chi connectivity index (χ4v) is 5.62. The molecule has 5 aromatic rings. The van der Waals surface area contributed by atoms with Crippen LogP contribution in [-0.2, 0) is 10.9 Å². The summed E-state index contributed by atoms with van der Waals surface area (Å²) in [7, 11) is 0.